The zero-order valence-corrected chi connectivity index (χ0v) is 7.40. The van der Waals surface area contributed by atoms with Gasteiger partial charge in [0.15, 0.2) is 0 Å². The molecule has 1 atom stereocenters. The largest absolute Gasteiger partial charge is 0.323 e. The van der Waals surface area contributed by atoms with Crippen molar-refractivity contribution in [1.82, 2.24) is 0 Å². The maximum Gasteiger partial charge on any atom is 0.123 e. The summed E-state index contributed by atoms with van der Waals surface area (Å²) in [6.45, 7) is 0. The monoisotopic (exact) mass is 183 g/mol. The van der Waals surface area contributed by atoms with Crippen LogP contribution in [0, 0.1) is 5.82 Å². The summed E-state index contributed by atoms with van der Waals surface area (Å²) >= 11 is 1.80. The van der Waals surface area contributed by atoms with Crippen LogP contribution >= 0.6 is 11.8 Å². The van der Waals surface area contributed by atoms with Crippen molar-refractivity contribution in [2.45, 2.75) is 11.8 Å². The quantitative estimate of drug-likeness (QED) is 0.666. The Hall–Kier alpha value is -0.540. The van der Waals surface area contributed by atoms with Gasteiger partial charge in [-0.3, -0.25) is 0 Å². The molecule has 0 bridgehead atoms. The molecule has 64 valence electrons. The maximum atomic E-state index is 12.8. The molecule has 0 radical (unpaired) electrons. The Bertz CT molecular complexity index is 301. The minimum atomic E-state index is -0.184. The Morgan fingerprint density at radius 2 is 2.33 bits per heavy atom. The third kappa shape index (κ3) is 1.34. The van der Waals surface area contributed by atoms with Crippen LogP contribution in [0.2, 0.25) is 0 Å². The Morgan fingerprint density at radius 1 is 1.50 bits per heavy atom. The first-order valence-electron chi connectivity index (χ1n) is 3.89. The van der Waals surface area contributed by atoms with Gasteiger partial charge in [-0.15, -0.1) is 0 Å². The van der Waals surface area contributed by atoms with Crippen molar-refractivity contribution < 1.29 is 4.39 Å². The first-order valence-corrected chi connectivity index (χ1v) is 5.04. The van der Waals surface area contributed by atoms with Gasteiger partial charge in [0.05, 0.1) is 0 Å². The van der Waals surface area contributed by atoms with Crippen LogP contribution in [0.1, 0.15) is 17.2 Å². The van der Waals surface area contributed by atoms with Crippen molar-refractivity contribution >= 4 is 11.8 Å². The SMILES string of the molecule is N[C@H]1CSCc2ccc(F)cc21. The molecule has 0 spiro atoms. The number of thioether (sulfide) groups is 1. The zero-order valence-electron chi connectivity index (χ0n) is 6.59. The highest BCUT2D eigenvalue weighted by atomic mass is 32.2. The van der Waals surface area contributed by atoms with Gasteiger partial charge in [0.2, 0.25) is 0 Å². The molecule has 2 rings (SSSR count). The van der Waals surface area contributed by atoms with E-state index >= 15 is 0 Å². The molecule has 2 N–H and O–H groups in total. The Morgan fingerprint density at radius 3 is 3.17 bits per heavy atom. The highest BCUT2D eigenvalue weighted by molar-refractivity contribution is 7.98. The van der Waals surface area contributed by atoms with E-state index in [0.717, 1.165) is 17.1 Å². The van der Waals surface area contributed by atoms with Crippen LogP contribution in [0.5, 0.6) is 0 Å². The van der Waals surface area contributed by atoms with Crippen molar-refractivity contribution in [1.29, 1.82) is 0 Å². The number of fused-ring (bicyclic) bond motifs is 1. The Kier molecular flexibility index (Phi) is 2.07. The number of nitrogens with two attached hydrogens (primary N) is 1. The normalized spacial score (nSPS) is 22.0. The van der Waals surface area contributed by atoms with Gasteiger partial charge in [-0.05, 0) is 23.3 Å². The summed E-state index contributed by atoms with van der Waals surface area (Å²) in [6, 6.07) is 4.89. The van der Waals surface area contributed by atoms with Gasteiger partial charge in [-0.2, -0.15) is 11.8 Å². The van der Waals surface area contributed by atoms with Gasteiger partial charge < -0.3 is 5.73 Å². The Balaban J connectivity index is 2.47. The van der Waals surface area contributed by atoms with Gasteiger partial charge in [-0.1, -0.05) is 6.07 Å². The molecule has 0 amide bonds. The predicted molar refractivity (Wildman–Crippen MR) is 49.5 cm³/mol. The van der Waals surface area contributed by atoms with Crippen LogP contribution in [0.15, 0.2) is 18.2 Å². The zero-order chi connectivity index (χ0) is 8.55. The molecule has 3 heteroatoms. The van der Waals surface area contributed by atoms with Gasteiger partial charge in [0.1, 0.15) is 5.82 Å². The molecular weight excluding hydrogens is 173 g/mol. The highest BCUT2D eigenvalue weighted by Gasteiger charge is 2.16. The number of benzene rings is 1. The van der Waals surface area contributed by atoms with Crippen molar-refractivity contribution in [2.75, 3.05) is 5.75 Å². The van der Waals surface area contributed by atoms with Crippen LogP contribution in [-0.4, -0.2) is 5.75 Å². The molecule has 1 aromatic rings. The van der Waals surface area contributed by atoms with E-state index < -0.39 is 0 Å². The lowest BCUT2D eigenvalue weighted by molar-refractivity contribution is 0.621. The third-order valence-electron chi connectivity index (χ3n) is 2.06. The maximum absolute atomic E-state index is 12.8. The van der Waals surface area contributed by atoms with E-state index in [4.69, 9.17) is 5.73 Å². The summed E-state index contributed by atoms with van der Waals surface area (Å²) in [4.78, 5) is 0. The molecule has 0 unspecified atom stereocenters. The summed E-state index contributed by atoms with van der Waals surface area (Å²) in [6.07, 6.45) is 0. The van der Waals surface area contributed by atoms with Crippen molar-refractivity contribution in [3.05, 3.63) is 35.1 Å². The molecule has 1 heterocycles. The molecule has 0 fully saturated rings. The smallest absolute Gasteiger partial charge is 0.123 e. The fourth-order valence-corrected chi connectivity index (χ4v) is 2.46. The second kappa shape index (κ2) is 3.07. The van der Waals surface area contributed by atoms with Crippen molar-refractivity contribution in [3.63, 3.8) is 0 Å². The van der Waals surface area contributed by atoms with E-state index in [1.807, 2.05) is 6.07 Å². The van der Waals surface area contributed by atoms with Gasteiger partial charge in [-0.25, -0.2) is 4.39 Å². The van der Waals surface area contributed by atoms with E-state index in [-0.39, 0.29) is 11.9 Å². The first-order chi connectivity index (χ1) is 5.77. The van der Waals surface area contributed by atoms with Crippen LogP contribution < -0.4 is 5.73 Å². The van der Waals surface area contributed by atoms with E-state index in [1.54, 1.807) is 17.8 Å². The number of rotatable bonds is 0. The number of hydrogen-bond donors (Lipinski definition) is 1. The number of halogens is 1. The van der Waals surface area contributed by atoms with Gasteiger partial charge >= 0.3 is 0 Å². The van der Waals surface area contributed by atoms with Crippen LogP contribution in [0.4, 0.5) is 4.39 Å². The molecule has 1 aromatic carbocycles. The van der Waals surface area contributed by atoms with Crippen molar-refractivity contribution in [3.8, 4) is 0 Å². The van der Waals surface area contributed by atoms with E-state index in [1.165, 1.54) is 11.6 Å². The second-order valence-corrected chi connectivity index (χ2v) is 4.00. The lowest BCUT2D eigenvalue weighted by atomic mass is 10.0. The van der Waals surface area contributed by atoms with Crippen LogP contribution in [-0.2, 0) is 5.75 Å². The molecular formula is C9H10FNS. The molecule has 0 saturated carbocycles. The average molecular weight is 183 g/mol. The minimum Gasteiger partial charge on any atom is -0.323 e. The van der Waals surface area contributed by atoms with Crippen molar-refractivity contribution in [2.24, 2.45) is 5.73 Å². The van der Waals surface area contributed by atoms with E-state index in [9.17, 15) is 4.39 Å². The topological polar surface area (TPSA) is 26.0 Å². The fourth-order valence-electron chi connectivity index (χ4n) is 1.43. The second-order valence-electron chi connectivity index (χ2n) is 2.96. The standard InChI is InChI=1S/C9H10FNS/c10-7-2-1-6-4-12-5-9(11)8(6)3-7/h1-3,9H,4-5,11H2/t9-/m0/s1. The predicted octanol–water partition coefficient (Wildman–Crippen LogP) is 2.07. The highest BCUT2D eigenvalue weighted by Crippen LogP contribution is 2.30. The summed E-state index contributed by atoms with van der Waals surface area (Å²) < 4.78 is 12.8. The first kappa shape index (κ1) is 8.08. The lowest BCUT2D eigenvalue weighted by Crippen LogP contribution is -2.18. The van der Waals surface area contributed by atoms with E-state index in [0.29, 0.717) is 0 Å². The van der Waals surface area contributed by atoms with Crippen LogP contribution in [0.3, 0.4) is 0 Å². The molecule has 12 heavy (non-hydrogen) atoms. The summed E-state index contributed by atoms with van der Waals surface area (Å²) in [5.74, 6) is 1.68. The molecule has 0 aromatic heterocycles. The summed E-state index contributed by atoms with van der Waals surface area (Å²) in [5.41, 5.74) is 7.99. The summed E-state index contributed by atoms with van der Waals surface area (Å²) in [5, 5.41) is 0. The molecule has 1 aliphatic heterocycles. The van der Waals surface area contributed by atoms with Crippen LogP contribution in [0.25, 0.3) is 0 Å². The molecule has 1 aliphatic rings. The lowest BCUT2D eigenvalue weighted by Gasteiger charge is -2.21. The summed E-state index contributed by atoms with van der Waals surface area (Å²) in [7, 11) is 0. The Labute approximate surface area is 75.1 Å². The fraction of sp³-hybridized carbons (Fsp3) is 0.333. The number of hydrogen-bond acceptors (Lipinski definition) is 2. The third-order valence-corrected chi connectivity index (χ3v) is 3.17. The van der Waals surface area contributed by atoms with E-state index in [2.05, 4.69) is 0 Å². The minimum absolute atomic E-state index is 0.00875. The average Bonchev–Trinajstić information content (AvgIpc) is 2.07. The molecule has 1 nitrogen and oxygen atoms in total. The molecule has 0 aliphatic carbocycles. The molecule has 0 saturated heterocycles. The van der Waals surface area contributed by atoms with Gasteiger partial charge in [0, 0.05) is 17.5 Å². The van der Waals surface area contributed by atoms with Gasteiger partial charge in [0.25, 0.3) is 0 Å².